The monoisotopic (exact) mass is 451 g/mol. The molecule has 2 rings (SSSR count). The third-order valence-corrected chi connectivity index (χ3v) is 5.47. The normalized spacial score (nSPS) is 12.4. The van der Waals surface area contributed by atoms with Crippen LogP contribution >= 0.6 is 11.3 Å². The molecule has 0 fully saturated rings. The van der Waals surface area contributed by atoms with Crippen LogP contribution in [0.25, 0.3) is 10.1 Å². The summed E-state index contributed by atoms with van der Waals surface area (Å²) in [6.45, 7) is 7.01. The Bertz CT molecular complexity index is 961. The largest absolute Gasteiger partial charge is 0.469 e. The van der Waals surface area contributed by atoms with E-state index in [9.17, 15) is 14.4 Å². The van der Waals surface area contributed by atoms with Crippen LogP contribution in [0.2, 0.25) is 0 Å². The molecule has 0 radical (unpaired) electrons. The molecule has 31 heavy (non-hydrogen) atoms. The number of methoxy groups -OCH3 is 2. The van der Waals surface area contributed by atoms with Gasteiger partial charge in [-0.15, -0.1) is 11.3 Å². The van der Waals surface area contributed by atoms with Gasteiger partial charge in [0.2, 0.25) is 0 Å². The third kappa shape index (κ3) is 6.41. The van der Waals surface area contributed by atoms with E-state index >= 15 is 0 Å². The predicted molar refractivity (Wildman–Crippen MR) is 119 cm³/mol. The molecule has 0 saturated carbocycles. The molecule has 1 atom stereocenters. The molecule has 1 aromatic heterocycles. The molecular weight excluding hydrogens is 422 g/mol. The maximum atomic E-state index is 12.7. The zero-order valence-corrected chi connectivity index (χ0v) is 19.8. The van der Waals surface area contributed by atoms with Crippen LogP contribution in [-0.4, -0.2) is 51.5 Å². The van der Waals surface area contributed by atoms with Gasteiger partial charge in [0.15, 0.2) is 12.6 Å². The van der Waals surface area contributed by atoms with Gasteiger partial charge in [-0.1, -0.05) is 6.92 Å². The molecule has 8 nitrogen and oxygen atoms in total. The molecule has 0 aliphatic rings. The molecule has 0 unspecified atom stereocenters. The Labute approximate surface area is 186 Å². The van der Waals surface area contributed by atoms with Crippen LogP contribution in [0.1, 0.15) is 43.8 Å². The number of Topliss-reactive ketones (excluding diaryl/α,β-unsaturated/α-hetero) is 1. The zero-order valence-electron chi connectivity index (χ0n) is 18.9. The van der Waals surface area contributed by atoms with E-state index in [1.54, 1.807) is 52.9 Å². The first-order chi connectivity index (χ1) is 14.5. The molecule has 1 amide bonds. The SMILES string of the molecule is COCOc1cc2cc(C(=O)C[C@H](C)C(=O)OC)sc2cc1N(C)C(=O)OC(C)(C)C. The van der Waals surface area contributed by atoms with Gasteiger partial charge < -0.3 is 18.9 Å². The number of anilines is 1. The highest BCUT2D eigenvalue weighted by atomic mass is 32.1. The highest BCUT2D eigenvalue weighted by Gasteiger charge is 2.25. The van der Waals surface area contributed by atoms with Gasteiger partial charge in [0.25, 0.3) is 0 Å². The topological polar surface area (TPSA) is 91.4 Å². The summed E-state index contributed by atoms with van der Waals surface area (Å²) in [6, 6.07) is 5.28. The molecule has 9 heteroatoms. The third-order valence-electron chi connectivity index (χ3n) is 4.33. The molecule has 1 aromatic carbocycles. The van der Waals surface area contributed by atoms with Crippen LogP contribution in [-0.2, 0) is 19.0 Å². The van der Waals surface area contributed by atoms with Crippen LogP contribution in [0.5, 0.6) is 5.75 Å². The van der Waals surface area contributed by atoms with Crippen molar-refractivity contribution < 1.29 is 33.3 Å². The van der Waals surface area contributed by atoms with Crippen molar-refractivity contribution in [1.29, 1.82) is 0 Å². The summed E-state index contributed by atoms with van der Waals surface area (Å²) in [7, 11) is 4.39. The number of esters is 1. The molecule has 0 aliphatic heterocycles. The Morgan fingerprint density at radius 2 is 1.81 bits per heavy atom. The number of thiophene rings is 1. The summed E-state index contributed by atoms with van der Waals surface area (Å²) in [5.41, 5.74) is -0.162. The van der Waals surface area contributed by atoms with Crippen molar-refractivity contribution in [3.8, 4) is 5.75 Å². The number of benzene rings is 1. The smallest absolute Gasteiger partial charge is 0.414 e. The first kappa shape index (κ1) is 24.6. The van der Waals surface area contributed by atoms with Crippen molar-refractivity contribution in [2.24, 2.45) is 5.92 Å². The fourth-order valence-electron chi connectivity index (χ4n) is 2.78. The molecule has 0 bridgehead atoms. The van der Waals surface area contributed by atoms with Crippen molar-refractivity contribution in [3.63, 3.8) is 0 Å². The van der Waals surface area contributed by atoms with Gasteiger partial charge in [-0.25, -0.2) is 4.79 Å². The van der Waals surface area contributed by atoms with Crippen molar-refractivity contribution in [2.75, 3.05) is 33.0 Å². The summed E-state index contributed by atoms with van der Waals surface area (Å²) in [5.74, 6) is -0.689. The molecule has 0 spiro atoms. The van der Waals surface area contributed by atoms with E-state index in [2.05, 4.69) is 0 Å². The second-order valence-corrected chi connectivity index (χ2v) is 9.19. The molecule has 0 saturated heterocycles. The van der Waals surface area contributed by atoms with Gasteiger partial charge in [0.1, 0.15) is 11.4 Å². The lowest BCUT2D eigenvalue weighted by Crippen LogP contribution is -2.34. The molecule has 0 aliphatic carbocycles. The lowest BCUT2D eigenvalue weighted by Gasteiger charge is -2.26. The van der Waals surface area contributed by atoms with E-state index < -0.39 is 23.6 Å². The van der Waals surface area contributed by atoms with Crippen LogP contribution < -0.4 is 9.64 Å². The average Bonchev–Trinajstić information content (AvgIpc) is 3.12. The number of hydrogen-bond donors (Lipinski definition) is 0. The van der Waals surface area contributed by atoms with Crippen molar-refractivity contribution in [3.05, 3.63) is 23.1 Å². The fraction of sp³-hybridized carbons (Fsp3) is 0.500. The average molecular weight is 452 g/mol. The van der Waals surface area contributed by atoms with Gasteiger partial charge >= 0.3 is 12.1 Å². The first-order valence-electron chi connectivity index (χ1n) is 9.74. The Kier molecular flexibility index (Phi) is 8.02. The molecule has 1 heterocycles. The Hall–Kier alpha value is -2.65. The molecular formula is C22H29NO7S. The number of hydrogen-bond acceptors (Lipinski definition) is 8. The quantitative estimate of drug-likeness (QED) is 0.328. The molecule has 2 aromatic rings. The number of rotatable bonds is 8. The summed E-state index contributed by atoms with van der Waals surface area (Å²) < 4.78 is 21.6. The minimum absolute atomic E-state index is 0.00671. The number of ketones is 1. The lowest BCUT2D eigenvalue weighted by atomic mass is 10.0. The summed E-state index contributed by atoms with van der Waals surface area (Å²) in [6.07, 6.45) is -0.481. The number of fused-ring (bicyclic) bond motifs is 1. The summed E-state index contributed by atoms with van der Waals surface area (Å²) >= 11 is 1.29. The number of carbonyl (C=O) groups excluding carboxylic acids is 3. The minimum atomic E-state index is -0.651. The summed E-state index contributed by atoms with van der Waals surface area (Å²) in [5, 5.41) is 0.784. The van der Waals surface area contributed by atoms with E-state index in [0.717, 1.165) is 10.1 Å². The van der Waals surface area contributed by atoms with Crippen LogP contribution in [0.15, 0.2) is 18.2 Å². The maximum Gasteiger partial charge on any atom is 0.414 e. The number of carbonyl (C=O) groups is 3. The Morgan fingerprint density at radius 3 is 2.39 bits per heavy atom. The zero-order chi connectivity index (χ0) is 23.3. The highest BCUT2D eigenvalue weighted by Crippen LogP contribution is 2.38. The van der Waals surface area contributed by atoms with E-state index in [0.29, 0.717) is 16.3 Å². The maximum absolute atomic E-state index is 12.7. The first-order valence-corrected chi connectivity index (χ1v) is 10.6. The van der Waals surface area contributed by atoms with Crippen molar-refractivity contribution in [1.82, 2.24) is 0 Å². The number of amides is 1. The standard InChI is InChI=1S/C22H29NO7S/c1-13(20(25)28-7)8-16(24)19-10-14-9-17(29-12-27-6)15(11-18(14)31-19)23(5)21(26)30-22(2,3)4/h9-11,13H,8,12H2,1-7H3/t13-/m0/s1. The van der Waals surface area contributed by atoms with Gasteiger partial charge in [-0.3, -0.25) is 14.5 Å². The van der Waals surface area contributed by atoms with E-state index in [-0.39, 0.29) is 19.0 Å². The fourth-order valence-corrected chi connectivity index (χ4v) is 3.81. The van der Waals surface area contributed by atoms with E-state index in [1.165, 1.54) is 30.5 Å². The molecule has 0 N–H and O–H groups in total. The van der Waals surface area contributed by atoms with Crippen molar-refractivity contribution in [2.45, 2.75) is 39.7 Å². The lowest BCUT2D eigenvalue weighted by molar-refractivity contribution is -0.144. The second-order valence-electron chi connectivity index (χ2n) is 8.11. The minimum Gasteiger partial charge on any atom is -0.469 e. The number of ether oxygens (including phenoxy) is 4. The Balaban J connectivity index is 2.40. The summed E-state index contributed by atoms with van der Waals surface area (Å²) in [4.78, 5) is 38.7. The van der Waals surface area contributed by atoms with Crippen LogP contribution in [0.3, 0.4) is 0 Å². The van der Waals surface area contributed by atoms with Crippen LogP contribution in [0.4, 0.5) is 10.5 Å². The number of nitrogens with zero attached hydrogens (tertiary/aromatic N) is 1. The van der Waals surface area contributed by atoms with Gasteiger partial charge in [0, 0.05) is 25.3 Å². The highest BCUT2D eigenvalue weighted by molar-refractivity contribution is 7.20. The Morgan fingerprint density at radius 1 is 1.13 bits per heavy atom. The van der Waals surface area contributed by atoms with Gasteiger partial charge in [-0.05, 0) is 44.4 Å². The van der Waals surface area contributed by atoms with Crippen LogP contribution in [0, 0.1) is 5.92 Å². The second kappa shape index (κ2) is 10.1. The van der Waals surface area contributed by atoms with Gasteiger partial charge in [0.05, 0.1) is 23.6 Å². The van der Waals surface area contributed by atoms with Gasteiger partial charge in [-0.2, -0.15) is 0 Å². The predicted octanol–water partition coefficient (Wildman–Crippen LogP) is 4.64. The van der Waals surface area contributed by atoms with E-state index in [1.807, 2.05) is 0 Å². The van der Waals surface area contributed by atoms with E-state index in [4.69, 9.17) is 18.9 Å². The molecule has 170 valence electrons. The van der Waals surface area contributed by atoms with Crippen molar-refractivity contribution >= 4 is 45.0 Å².